The fourth-order valence-corrected chi connectivity index (χ4v) is 2.72. The van der Waals surface area contributed by atoms with E-state index in [0.29, 0.717) is 18.0 Å². The number of nitrogens with zero attached hydrogens (tertiary/aromatic N) is 1. The monoisotopic (exact) mass is 226 g/mol. The molecule has 2 unspecified atom stereocenters. The van der Waals surface area contributed by atoms with Crippen LogP contribution < -0.4 is 5.32 Å². The van der Waals surface area contributed by atoms with Crippen molar-refractivity contribution >= 4 is 5.91 Å². The Bertz CT molecular complexity index is 241. The Labute approximate surface area is 97.3 Å². The Morgan fingerprint density at radius 2 is 1.75 bits per heavy atom. The van der Waals surface area contributed by atoms with Crippen molar-refractivity contribution in [1.82, 2.24) is 10.2 Å². The van der Waals surface area contributed by atoms with Crippen LogP contribution in [0.5, 0.6) is 0 Å². The van der Waals surface area contributed by atoms with Crippen molar-refractivity contribution in [2.45, 2.75) is 38.8 Å². The molecule has 2 aliphatic heterocycles. The molecule has 2 saturated heterocycles. The summed E-state index contributed by atoms with van der Waals surface area (Å²) in [5.41, 5.74) is 0. The van der Waals surface area contributed by atoms with Crippen molar-refractivity contribution in [1.29, 1.82) is 0 Å². The molecule has 0 aliphatic carbocycles. The number of hydrogen-bond donors (Lipinski definition) is 1. The Morgan fingerprint density at radius 3 is 2.31 bits per heavy atom. The van der Waals surface area contributed by atoms with Gasteiger partial charge in [-0.05, 0) is 26.7 Å². The Hall–Kier alpha value is -0.610. The van der Waals surface area contributed by atoms with Crippen molar-refractivity contribution in [2.24, 2.45) is 5.92 Å². The molecule has 16 heavy (non-hydrogen) atoms. The van der Waals surface area contributed by atoms with Crippen LogP contribution in [0, 0.1) is 5.92 Å². The molecule has 0 aromatic heterocycles. The van der Waals surface area contributed by atoms with E-state index in [2.05, 4.69) is 24.1 Å². The molecule has 4 nitrogen and oxygen atoms in total. The van der Waals surface area contributed by atoms with Crippen LogP contribution >= 0.6 is 0 Å². The number of ether oxygens (including phenoxy) is 1. The molecular formula is C12H22N2O2. The second-order valence-electron chi connectivity index (χ2n) is 4.99. The van der Waals surface area contributed by atoms with Crippen LogP contribution in [0.1, 0.15) is 26.7 Å². The van der Waals surface area contributed by atoms with Gasteiger partial charge >= 0.3 is 0 Å². The first kappa shape index (κ1) is 11.9. The Balaban J connectivity index is 2.00. The Kier molecular flexibility index (Phi) is 3.82. The van der Waals surface area contributed by atoms with Crippen molar-refractivity contribution in [2.75, 3.05) is 26.3 Å². The van der Waals surface area contributed by atoms with E-state index < -0.39 is 0 Å². The third-order valence-corrected chi connectivity index (χ3v) is 3.65. The summed E-state index contributed by atoms with van der Waals surface area (Å²) >= 11 is 0. The van der Waals surface area contributed by atoms with E-state index in [0.717, 1.165) is 39.1 Å². The van der Waals surface area contributed by atoms with Gasteiger partial charge in [-0.2, -0.15) is 0 Å². The molecule has 0 aromatic carbocycles. The fraction of sp³-hybridized carbons (Fsp3) is 0.917. The van der Waals surface area contributed by atoms with Gasteiger partial charge in [-0.3, -0.25) is 4.79 Å². The highest BCUT2D eigenvalue weighted by Crippen LogP contribution is 2.21. The number of rotatable bonds is 1. The van der Waals surface area contributed by atoms with Gasteiger partial charge in [0.05, 0.1) is 0 Å². The van der Waals surface area contributed by atoms with E-state index in [1.54, 1.807) is 0 Å². The second kappa shape index (κ2) is 5.15. The highest BCUT2D eigenvalue weighted by molar-refractivity contribution is 5.79. The van der Waals surface area contributed by atoms with E-state index in [1.807, 2.05) is 0 Å². The predicted octanol–water partition coefficient (Wildman–Crippen LogP) is 0.622. The molecule has 4 heteroatoms. The van der Waals surface area contributed by atoms with E-state index in [-0.39, 0.29) is 5.92 Å². The van der Waals surface area contributed by atoms with Crippen LogP contribution in [0.25, 0.3) is 0 Å². The summed E-state index contributed by atoms with van der Waals surface area (Å²) in [6.45, 7) is 7.56. The van der Waals surface area contributed by atoms with Crippen LogP contribution in [-0.4, -0.2) is 49.2 Å². The van der Waals surface area contributed by atoms with E-state index in [9.17, 15) is 4.79 Å². The van der Waals surface area contributed by atoms with Gasteiger partial charge in [-0.15, -0.1) is 0 Å². The molecular weight excluding hydrogens is 204 g/mol. The molecule has 0 bridgehead atoms. The van der Waals surface area contributed by atoms with Gasteiger partial charge in [0.1, 0.15) is 0 Å². The number of carbonyl (C=O) groups excluding carboxylic acids is 1. The third kappa shape index (κ3) is 2.38. The molecule has 92 valence electrons. The van der Waals surface area contributed by atoms with Gasteiger partial charge in [0.15, 0.2) is 0 Å². The summed E-state index contributed by atoms with van der Waals surface area (Å²) in [7, 11) is 0. The van der Waals surface area contributed by atoms with Crippen LogP contribution in [0.3, 0.4) is 0 Å². The molecule has 2 aliphatic rings. The first-order valence-electron chi connectivity index (χ1n) is 6.30. The zero-order valence-electron chi connectivity index (χ0n) is 10.2. The van der Waals surface area contributed by atoms with Gasteiger partial charge in [0.25, 0.3) is 0 Å². The van der Waals surface area contributed by atoms with Gasteiger partial charge in [-0.1, -0.05) is 0 Å². The van der Waals surface area contributed by atoms with Crippen LogP contribution in [0.4, 0.5) is 0 Å². The quantitative estimate of drug-likeness (QED) is 0.713. The first-order valence-corrected chi connectivity index (χ1v) is 6.30. The molecule has 0 saturated carbocycles. The molecule has 0 radical (unpaired) electrons. The lowest BCUT2D eigenvalue weighted by Gasteiger charge is -2.41. The number of hydrogen-bond acceptors (Lipinski definition) is 3. The van der Waals surface area contributed by atoms with Gasteiger partial charge in [-0.25, -0.2) is 0 Å². The van der Waals surface area contributed by atoms with Crippen molar-refractivity contribution in [3.63, 3.8) is 0 Å². The lowest BCUT2D eigenvalue weighted by Crippen LogP contribution is -2.58. The SMILES string of the molecule is CC1CNCC(C)N1C(=O)C1CCOCC1. The molecule has 0 spiro atoms. The molecule has 1 N–H and O–H groups in total. The highest BCUT2D eigenvalue weighted by atomic mass is 16.5. The average molecular weight is 226 g/mol. The lowest BCUT2D eigenvalue weighted by atomic mass is 9.96. The summed E-state index contributed by atoms with van der Waals surface area (Å²) in [5, 5.41) is 3.35. The number of amides is 1. The minimum absolute atomic E-state index is 0.191. The molecule has 2 rings (SSSR count). The smallest absolute Gasteiger partial charge is 0.226 e. The third-order valence-electron chi connectivity index (χ3n) is 3.65. The standard InChI is InChI=1S/C12H22N2O2/c1-9-7-13-8-10(2)14(9)12(15)11-3-5-16-6-4-11/h9-11,13H,3-8H2,1-2H3. The molecule has 2 atom stereocenters. The summed E-state index contributed by atoms with van der Waals surface area (Å²) < 4.78 is 5.31. The Morgan fingerprint density at radius 1 is 1.19 bits per heavy atom. The van der Waals surface area contributed by atoms with Gasteiger partial charge in [0.2, 0.25) is 5.91 Å². The zero-order valence-corrected chi connectivity index (χ0v) is 10.2. The van der Waals surface area contributed by atoms with E-state index in [1.165, 1.54) is 0 Å². The topological polar surface area (TPSA) is 41.6 Å². The number of piperazine rings is 1. The summed E-state index contributed by atoms with van der Waals surface area (Å²) in [4.78, 5) is 14.5. The average Bonchev–Trinajstić information content (AvgIpc) is 2.30. The van der Waals surface area contributed by atoms with E-state index >= 15 is 0 Å². The van der Waals surface area contributed by atoms with Crippen LogP contribution in [0.15, 0.2) is 0 Å². The van der Waals surface area contributed by atoms with Crippen LogP contribution in [0.2, 0.25) is 0 Å². The van der Waals surface area contributed by atoms with E-state index in [4.69, 9.17) is 4.74 Å². The maximum Gasteiger partial charge on any atom is 0.226 e. The minimum atomic E-state index is 0.191. The minimum Gasteiger partial charge on any atom is -0.381 e. The van der Waals surface area contributed by atoms with Crippen molar-refractivity contribution in [3.8, 4) is 0 Å². The largest absolute Gasteiger partial charge is 0.381 e. The lowest BCUT2D eigenvalue weighted by molar-refractivity contribution is -0.144. The summed E-state index contributed by atoms with van der Waals surface area (Å²) in [6, 6.07) is 0.637. The first-order chi connectivity index (χ1) is 7.70. The van der Waals surface area contributed by atoms with Gasteiger partial charge in [0, 0.05) is 44.3 Å². The predicted molar refractivity (Wildman–Crippen MR) is 62.2 cm³/mol. The molecule has 1 amide bonds. The number of carbonyl (C=O) groups is 1. The molecule has 2 heterocycles. The molecule has 0 aromatic rings. The maximum absolute atomic E-state index is 12.4. The van der Waals surface area contributed by atoms with Crippen molar-refractivity contribution < 1.29 is 9.53 Å². The number of nitrogens with one attached hydrogen (secondary N) is 1. The highest BCUT2D eigenvalue weighted by Gasteiger charge is 2.33. The summed E-state index contributed by atoms with van der Waals surface area (Å²) in [5.74, 6) is 0.529. The van der Waals surface area contributed by atoms with Crippen LogP contribution in [-0.2, 0) is 9.53 Å². The normalized spacial score (nSPS) is 32.8. The maximum atomic E-state index is 12.4. The fourth-order valence-electron chi connectivity index (χ4n) is 2.72. The van der Waals surface area contributed by atoms with Gasteiger partial charge < -0.3 is 15.0 Å². The second-order valence-corrected chi connectivity index (χ2v) is 4.99. The van der Waals surface area contributed by atoms with Crippen molar-refractivity contribution in [3.05, 3.63) is 0 Å². The zero-order chi connectivity index (χ0) is 11.5. The molecule has 2 fully saturated rings. The summed E-state index contributed by atoms with van der Waals surface area (Å²) in [6.07, 6.45) is 1.78.